The number of halogens is 5. The molecule has 1 aromatic heterocycles. The molecule has 0 aliphatic carbocycles. The smallest absolute Gasteiger partial charge is 0.387 e. The number of piperidine rings is 1. The quantitative estimate of drug-likeness (QED) is 0.332. The van der Waals surface area contributed by atoms with E-state index >= 15 is 0 Å². The number of hydrogen-bond donors (Lipinski definition) is 2. The minimum absolute atomic E-state index is 0.131. The van der Waals surface area contributed by atoms with Crippen molar-refractivity contribution in [1.82, 2.24) is 14.7 Å². The van der Waals surface area contributed by atoms with Crippen molar-refractivity contribution in [2.24, 2.45) is 5.73 Å². The molecule has 1 fully saturated rings. The molecular weight excluding hydrogens is 478 g/mol. The summed E-state index contributed by atoms with van der Waals surface area (Å²) in [5.41, 5.74) is 5.64. The first-order valence-electron chi connectivity index (χ1n) is 10.4. The number of alkyl halides is 3. The van der Waals surface area contributed by atoms with E-state index in [4.69, 9.17) is 34.3 Å². The maximum Gasteiger partial charge on any atom is 0.436 e. The maximum absolute atomic E-state index is 12.2. The number of likely N-dealkylation sites (tertiary alicyclic amines) is 1. The van der Waals surface area contributed by atoms with E-state index < -0.39 is 16.9 Å². The summed E-state index contributed by atoms with van der Waals surface area (Å²) < 4.78 is 37.6. The fourth-order valence-corrected chi connectivity index (χ4v) is 3.80. The fourth-order valence-electron chi connectivity index (χ4n) is 3.44. The van der Waals surface area contributed by atoms with Gasteiger partial charge in [-0.2, -0.15) is 18.3 Å². The van der Waals surface area contributed by atoms with Gasteiger partial charge in [0, 0.05) is 5.02 Å². The Morgan fingerprint density at radius 1 is 1.21 bits per heavy atom. The van der Waals surface area contributed by atoms with Gasteiger partial charge in [-0.3, -0.25) is 10.1 Å². The number of carbonyl (C=O) groups is 1. The standard InChI is InChI=1S/C13H18ClN3.C7H6ClF3N2O.C2H6/c1-17-8-6-13(7-9-17,12(15)16)10-2-4-11(14)5-3-10;1-4-5(8)6(7(9,10)11)12-13(4)2-3-14;1-2/h2-5H,6-9H2,1H3,(H3,15,16);3H,2H2,1H3;1-2H3. The van der Waals surface area contributed by atoms with Crippen LogP contribution in [0.3, 0.4) is 0 Å². The summed E-state index contributed by atoms with van der Waals surface area (Å²) in [5, 5.41) is 11.4. The Morgan fingerprint density at radius 2 is 1.73 bits per heavy atom. The van der Waals surface area contributed by atoms with Crippen LogP contribution in [-0.4, -0.2) is 46.9 Å². The summed E-state index contributed by atoms with van der Waals surface area (Å²) in [6.07, 6.45) is -2.33. The third-order valence-corrected chi connectivity index (χ3v) is 6.11. The highest BCUT2D eigenvalue weighted by atomic mass is 35.5. The van der Waals surface area contributed by atoms with Gasteiger partial charge in [0.25, 0.3) is 0 Å². The molecule has 2 aromatic rings. The predicted molar refractivity (Wildman–Crippen MR) is 126 cm³/mol. The van der Waals surface area contributed by atoms with Gasteiger partial charge in [-0.05, 0) is 57.6 Å². The molecule has 3 N–H and O–H groups in total. The van der Waals surface area contributed by atoms with E-state index in [0.717, 1.165) is 41.2 Å². The lowest BCUT2D eigenvalue weighted by Gasteiger charge is -2.40. The zero-order chi connectivity index (χ0) is 25.4. The normalized spacial score (nSPS) is 15.5. The highest BCUT2D eigenvalue weighted by molar-refractivity contribution is 6.32. The Bertz CT molecular complexity index is 921. The highest BCUT2D eigenvalue weighted by Gasteiger charge is 2.39. The zero-order valence-corrected chi connectivity index (χ0v) is 20.7. The van der Waals surface area contributed by atoms with E-state index in [1.165, 1.54) is 6.92 Å². The summed E-state index contributed by atoms with van der Waals surface area (Å²) in [5.74, 6) is 0.271. The van der Waals surface area contributed by atoms with Crippen LogP contribution < -0.4 is 5.73 Å². The van der Waals surface area contributed by atoms with Crippen LogP contribution >= 0.6 is 23.2 Å². The van der Waals surface area contributed by atoms with Gasteiger partial charge in [0.1, 0.15) is 12.1 Å². The molecule has 0 bridgehead atoms. The van der Waals surface area contributed by atoms with Gasteiger partial charge in [-0.25, -0.2) is 0 Å². The van der Waals surface area contributed by atoms with Crippen molar-refractivity contribution in [2.45, 2.75) is 51.7 Å². The molecule has 1 aromatic carbocycles. The number of amidine groups is 1. The molecule has 1 aliphatic heterocycles. The van der Waals surface area contributed by atoms with Crippen LogP contribution in [0.1, 0.15) is 43.6 Å². The molecule has 184 valence electrons. The summed E-state index contributed by atoms with van der Waals surface area (Å²) >= 11 is 11.3. The Hall–Kier alpha value is -2.10. The van der Waals surface area contributed by atoms with Crippen LogP contribution in [0.15, 0.2) is 24.3 Å². The number of nitrogens with two attached hydrogens (primary N) is 1. The molecule has 1 saturated heterocycles. The average molecular weight is 508 g/mol. The topological polar surface area (TPSA) is 88.0 Å². The Kier molecular flexibility index (Phi) is 10.9. The number of rotatable bonds is 4. The van der Waals surface area contributed by atoms with Crippen molar-refractivity contribution >= 4 is 35.3 Å². The van der Waals surface area contributed by atoms with E-state index in [9.17, 15) is 18.0 Å². The minimum Gasteiger partial charge on any atom is -0.387 e. The zero-order valence-electron chi connectivity index (χ0n) is 19.1. The lowest BCUT2D eigenvalue weighted by Crippen LogP contribution is -2.48. The Balaban J connectivity index is 0.000000313. The highest BCUT2D eigenvalue weighted by Crippen LogP contribution is 2.36. The van der Waals surface area contributed by atoms with Crippen LogP contribution in [0.4, 0.5) is 13.2 Å². The monoisotopic (exact) mass is 507 g/mol. The summed E-state index contributed by atoms with van der Waals surface area (Å²) in [6.45, 7) is 7.08. The molecule has 6 nitrogen and oxygen atoms in total. The van der Waals surface area contributed by atoms with Crippen LogP contribution in [0.2, 0.25) is 10.0 Å². The van der Waals surface area contributed by atoms with Crippen LogP contribution in [0, 0.1) is 12.3 Å². The van der Waals surface area contributed by atoms with Crippen molar-refractivity contribution in [3.05, 3.63) is 51.3 Å². The molecule has 33 heavy (non-hydrogen) atoms. The number of nitrogens with one attached hydrogen (secondary N) is 1. The Morgan fingerprint density at radius 3 is 2.12 bits per heavy atom. The molecule has 0 unspecified atom stereocenters. The number of benzene rings is 1. The van der Waals surface area contributed by atoms with Gasteiger partial charge in [-0.1, -0.05) is 49.2 Å². The van der Waals surface area contributed by atoms with Gasteiger partial charge in [0.05, 0.1) is 22.7 Å². The number of aromatic nitrogens is 2. The largest absolute Gasteiger partial charge is 0.436 e. The second-order valence-electron chi connectivity index (χ2n) is 7.40. The maximum atomic E-state index is 12.2. The van der Waals surface area contributed by atoms with Crippen LogP contribution in [0.5, 0.6) is 0 Å². The number of carbonyl (C=O) groups excluding carboxylic acids is 1. The van der Waals surface area contributed by atoms with Crippen LogP contribution in [0.25, 0.3) is 0 Å². The molecule has 11 heteroatoms. The average Bonchev–Trinajstić information content (AvgIpc) is 3.06. The Labute approximate surface area is 202 Å². The van der Waals surface area contributed by atoms with Crippen molar-refractivity contribution < 1.29 is 18.0 Å². The third-order valence-electron chi connectivity index (χ3n) is 5.40. The molecule has 2 heterocycles. The van der Waals surface area contributed by atoms with Gasteiger partial charge in [0.2, 0.25) is 0 Å². The summed E-state index contributed by atoms with van der Waals surface area (Å²) in [4.78, 5) is 12.4. The van der Waals surface area contributed by atoms with E-state index in [1.54, 1.807) is 0 Å². The van der Waals surface area contributed by atoms with Crippen LogP contribution in [-0.2, 0) is 22.9 Å². The van der Waals surface area contributed by atoms with Crippen molar-refractivity contribution in [3.8, 4) is 0 Å². The molecule has 0 saturated carbocycles. The van der Waals surface area contributed by atoms with Gasteiger partial charge >= 0.3 is 6.18 Å². The second-order valence-corrected chi connectivity index (χ2v) is 8.21. The SMILES string of the molecule is CC.CN1CCC(C(=N)N)(c2ccc(Cl)cc2)CC1.Cc1c(Cl)c(C(F)(F)F)nn1CC=O. The van der Waals surface area contributed by atoms with E-state index in [1.807, 2.05) is 38.1 Å². The molecule has 0 amide bonds. The molecule has 0 spiro atoms. The molecule has 1 aliphatic rings. The molecule has 0 radical (unpaired) electrons. The lowest BCUT2D eigenvalue weighted by molar-refractivity contribution is -0.141. The van der Waals surface area contributed by atoms with Crippen molar-refractivity contribution in [3.63, 3.8) is 0 Å². The number of aldehydes is 1. The van der Waals surface area contributed by atoms with E-state index in [0.29, 0.717) is 6.29 Å². The summed E-state index contributed by atoms with van der Waals surface area (Å²) in [7, 11) is 2.10. The van der Waals surface area contributed by atoms with Gasteiger partial charge < -0.3 is 15.4 Å². The molecule has 0 atom stereocenters. The minimum atomic E-state index is -4.59. The molecular formula is C22H30Cl2F3N5O. The third kappa shape index (κ3) is 7.19. The first-order valence-corrected chi connectivity index (χ1v) is 11.2. The first-order chi connectivity index (χ1) is 15.4. The fraction of sp³-hybridized carbons (Fsp3) is 0.500. The predicted octanol–water partition coefficient (Wildman–Crippen LogP) is 5.33. The number of hydrogen-bond acceptors (Lipinski definition) is 4. The van der Waals surface area contributed by atoms with E-state index in [-0.39, 0.29) is 23.5 Å². The van der Waals surface area contributed by atoms with Crippen molar-refractivity contribution in [2.75, 3.05) is 20.1 Å². The molecule has 3 rings (SSSR count). The first kappa shape index (κ1) is 28.9. The van der Waals surface area contributed by atoms with Crippen molar-refractivity contribution in [1.29, 1.82) is 5.41 Å². The second kappa shape index (κ2) is 12.4. The van der Waals surface area contributed by atoms with Gasteiger partial charge in [-0.15, -0.1) is 0 Å². The van der Waals surface area contributed by atoms with Gasteiger partial charge in [0.15, 0.2) is 5.69 Å². The summed E-state index contributed by atoms with van der Waals surface area (Å²) in [6, 6.07) is 7.74. The lowest BCUT2D eigenvalue weighted by atomic mass is 9.72. The van der Waals surface area contributed by atoms with E-state index in [2.05, 4.69) is 17.0 Å². The number of nitrogens with zero attached hydrogens (tertiary/aromatic N) is 3.